The molecule has 1 aliphatic heterocycles. The van der Waals surface area contributed by atoms with E-state index in [1.54, 1.807) is 0 Å². The van der Waals surface area contributed by atoms with Crippen LogP contribution in [0.15, 0.2) is 170 Å². The van der Waals surface area contributed by atoms with E-state index in [0.717, 1.165) is 65.7 Å². The molecule has 0 saturated heterocycles. The van der Waals surface area contributed by atoms with Gasteiger partial charge in [-0.25, -0.2) is 4.98 Å². The largest absolute Gasteiger partial charge is 0.457 e. The van der Waals surface area contributed by atoms with E-state index in [0.29, 0.717) is 28.4 Å². The van der Waals surface area contributed by atoms with E-state index < -0.39 is 65.8 Å². The van der Waals surface area contributed by atoms with Gasteiger partial charge >= 0.3 is 0 Å². The van der Waals surface area contributed by atoms with Crippen molar-refractivity contribution >= 4 is 44.6 Å². The molecule has 0 saturated carbocycles. The fraction of sp³-hybridized carbons (Fsp3) is 0.266. The molecule has 1 aliphatic rings. The summed E-state index contributed by atoms with van der Waals surface area (Å²) in [7, 11) is 0. The van der Waals surface area contributed by atoms with Crippen LogP contribution >= 0.6 is 0 Å². The highest BCUT2D eigenvalue weighted by Crippen LogP contribution is 2.51. The molecule has 3 heterocycles. The highest BCUT2D eigenvalue weighted by molar-refractivity contribution is 6.11. The third-order valence-electron chi connectivity index (χ3n) is 13.4. The normalized spacial score (nSPS) is 14.9. The van der Waals surface area contributed by atoms with E-state index >= 15 is 0 Å². The molecule has 0 radical (unpaired) electrons. The van der Waals surface area contributed by atoms with Crippen LogP contribution in [0.2, 0.25) is 0 Å². The number of hydrogen-bond donors (Lipinski definition) is 0. The Bertz CT molecular complexity index is 3740. The van der Waals surface area contributed by atoms with Crippen molar-refractivity contribution in [1.82, 2.24) is 9.55 Å². The van der Waals surface area contributed by atoms with Crippen LogP contribution in [0.1, 0.15) is 117 Å². The van der Waals surface area contributed by atoms with Crippen molar-refractivity contribution in [3.05, 3.63) is 192 Å². The van der Waals surface area contributed by atoms with E-state index in [1.807, 2.05) is 98.6 Å². The average Bonchev–Trinajstić information content (AvgIpc) is 4.14. The number of hydrogen-bond acceptors (Lipinski definition) is 4. The Morgan fingerprint density at radius 3 is 1.91 bits per heavy atom. The quantitative estimate of drug-likeness (QED) is 0.108. The molecule has 2 aromatic heterocycles. The highest BCUT2D eigenvalue weighted by Gasteiger charge is 2.33. The number of anilines is 4. The predicted molar refractivity (Wildman–Crippen MR) is 293 cm³/mol. The molecule has 10 rings (SSSR count). The number of ether oxygens (including phenoxy) is 1. The van der Waals surface area contributed by atoms with Gasteiger partial charge in [0.25, 0.3) is 0 Å². The number of rotatable bonds is 13. The zero-order valence-corrected chi connectivity index (χ0v) is 41.0. The molecule has 0 spiro atoms. The first-order valence-corrected chi connectivity index (χ1v) is 24.4. The molecule has 9 aromatic rings. The standard InChI is InChI=1S/C64H66N4O/c1-9-11-14-23-46-32-35-58-61(52(46)22-10-2)53-34-33-51(42-59(53)68(58)60-40-47(36-37-65-60)63(3,4)5)69-50-29-21-28-49(41-50)66-43-67(57-31-20-19-30-56(57)66)62-54(44-24-15-12-16-25-44)38-48(64(6,7)8)39-55(62)45-26-17-13-18-27-45/h12-13,15-21,24-42H,9-11,14,22-23,43H2,1-8H3/i12D,13D,15D,16D,17D,18D,24D,25D,26D,27D. The van der Waals surface area contributed by atoms with Crippen molar-refractivity contribution in [2.75, 3.05) is 16.5 Å². The lowest BCUT2D eigenvalue weighted by molar-refractivity contribution is 0.483. The molecular formula is C64H66N4O. The number of unbranched alkanes of at least 4 members (excludes halogenated alkanes) is 2. The van der Waals surface area contributed by atoms with Gasteiger partial charge in [0.1, 0.15) is 24.0 Å². The van der Waals surface area contributed by atoms with E-state index in [9.17, 15) is 5.48 Å². The van der Waals surface area contributed by atoms with Gasteiger partial charge in [0.15, 0.2) is 0 Å². The van der Waals surface area contributed by atoms with E-state index in [4.69, 9.17) is 17.9 Å². The van der Waals surface area contributed by atoms with Crippen LogP contribution in [0.4, 0.5) is 22.7 Å². The molecule has 0 atom stereocenters. The summed E-state index contributed by atoms with van der Waals surface area (Å²) in [5.74, 6) is 2.04. The van der Waals surface area contributed by atoms with Crippen molar-refractivity contribution in [1.29, 1.82) is 0 Å². The maximum atomic E-state index is 9.30. The van der Waals surface area contributed by atoms with Crippen LogP contribution < -0.4 is 14.5 Å². The minimum atomic E-state index is -0.608. The molecule has 348 valence electrons. The highest BCUT2D eigenvalue weighted by atomic mass is 16.5. The topological polar surface area (TPSA) is 33.5 Å². The summed E-state index contributed by atoms with van der Waals surface area (Å²) in [6.45, 7) is 17.2. The zero-order chi connectivity index (χ0) is 56.6. The molecule has 0 unspecified atom stereocenters. The van der Waals surface area contributed by atoms with Gasteiger partial charge in [0, 0.05) is 45.9 Å². The smallest absolute Gasteiger partial charge is 0.137 e. The lowest BCUT2D eigenvalue weighted by Gasteiger charge is -2.30. The average molecular weight is 917 g/mol. The Morgan fingerprint density at radius 1 is 0.594 bits per heavy atom. The number of pyridine rings is 1. The van der Waals surface area contributed by atoms with Gasteiger partial charge in [-0.1, -0.05) is 159 Å². The monoisotopic (exact) mass is 917 g/mol. The number of nitrogens with zero attached hydrogens (tertiary/aromatic N) is 4. The maximum Gasteiger partial charge on any atom is 0.137 e. The molecule has 5 nitrogen and oxygen atoms in total. The van der Waals surface area contributed by atoms with Gasteiger partial charge in [-0.2, -0.15) is 0 Å². The lowest BCUT2D eigenvalue weighted by atomic mass is 9.82. The lowest BCUT2D eigenvalue weighted by Crippen LogP contribution is -2.25. The molecule has 5 heteroatoms. The second-order valence-electron chi connectivity index (χ2n) is 20.2. The van der Waals surface area contributed by atoms with Crippen molar-refractivity contribution in [2.45, 2.75) is 105 Å². The van der Waals surface area contributed by atoms with Crippen molar-refractivity contribution < 1.29 is 18.4 Å². The fourth-order valence-electron chi connectivity index (χ4n) is 9.84. The Balaban J connectivity index is 1.13. The van der Waals surface area contributed by atoms with Gasteiger partial charge in [-0.3, -0.25) is 4.57 Å². The predicted octanol–water partition coefficient (Wildman–Crippen LogP) is 17.8. The number of aromatic nitrogens is 2. The third-order valence-corrected chi connectivity index (χ3v) is 13.4. The van der Waals surface area contributed by atoms with E-state index in [-0.39, 0.29) is 34.3 Å². The Hall–Kier alpha value is -7.11. The first-order valence-electron chi connectivity index (χ1n) is 29.4. The molecule has 0 aliphatic carbocycles. The summed E-state index contributed by atoms with van der Waals surface area (Å²) in [5.41, 5.74) is 8.88. The summed E-state index contributed by atoms with van der Waals surface area (Å²) >= 11 is 0. The first kappa shape index (κ1) is 35.1. The summed E-state index contributed by atoms with van der Waals surface area (Å²) in [5, 5.41) is 2.38. The van der Waals surface area contributed by atoms with Crippen LogP contribution in [-0.2, 0) is 23.7 Å². The molecule has 0 fully saturated rings. The van der Waals surface area contributed by atoms with Gasteiger partial charge in [0.2, 0.25) is 0 Å². The third kappa shape index (κ3) is 8.92. The minimum Gasteiger partial charge on any atom is -0.457 e. The van der Waals surface area contributed by atoms with Crippen LogP contribution in [0.25, 0.3) is 49.9 Å². The number of aryl methyl sites for hydroxylation is 2. The van der Waals surface area contributed by atoms with Gasteiger partial charge in [0.05, 0.1) is 41.8 Å². The van der Waals surface area contributed by atoms with Crippen LogP contribution in [0, 0.1) is 0 Å². The zero-order valence-electron chi connectivity index (χ0n) is 51.0. The van der Waals surface area contributed by atoms with Crippen molar-refractivity contribution in [3.8, 4) is 39.6 Å². The second kappa shape index (κ2) is 18.8. The molecule has 0 N–H and O–H groups in total. The van der Waals surface area contributed by atoms with Gasteiger partial charge in [-0.15, -0.1) is 0 Å². The molecule has 0 bridgehead atoms. The van der Waals surface area contributed by atoms with Crippen molar-refractivity contribution in [3.63, 3.8) is 0 Å². The van der Waals surface area contributed by atoms with Crippen LogP contribution in [0.3, 0.4) is 0 Å². The molecule has 69 heavy (non-hydrogen) atoms. The summed E-state index contributed by atoms with van der Waals surface area (Å²) < 4.78 is 98.6. The summed E-state index contributed by atoms with van der Waals surface area (Å²) in [6.07, 6.45) is 8.39. The van der Waals surface area contributed by atoms with Crippen LogP contribution in [0.5, 0.6) is 11.5 Å². The minimum absolute atomic E-state index is 0.0743. The second-order valence-corrected chi connectivity index (χ2v) is 20.2. The van der Waals surface area contributed by atoms with E-state index in [2.05, 4.69) is 80.5 Å². The Labute approximate surface area is 424 Å². The Kier molecular flexibility index (Phi) is 9.54. The van der Waals surface area contributed by atoms with Crippen molar-refractivity contribution in [2.24, 2.45) is 0 Å². The van der Waals surface area contributed by atoms with E-state index in [1.165, 1.54) is 28.5 Å². The SMILES string of the molecule is [2H]c1c([2H])c([2H])c(-c2cc(C(C)(C)C)cc(-c3c([2H])c([2H])c([2H])c([2H])c3[2H])c2N2CN(c3cccc(Oc4ccc5c6c(CCC)c(CCCCC)ccc6n(-c6cc(C(C)(C)C)ccn6)c5c4)c3)c3ccccc32)c([2H])c1[2H]. The fourth-order valence-corrected chi connectivity index (χ4v) is 9.84. The number of benzene rings is 7. The van der Waals surface area contributed by atoms with Gasteiger partial charge < -0.3 is 14.5 Å². The number of fused-ring (bicyclic) bond motifs is 4. The molecular weight excluding hydrogens is 841 g/mol. The maximum absolute atomic E-state index is 9.30. The molecule has 0 amide bonds. The van der Waals surface area contributed by atoms with Crippen LogP contribution in [-0.4, -0.2) is 16.2 Å². The van der Waals surface area contributed by atoms with Gasteiger partial charge in [-0.05, 0) is 130 Å². The number of para-hydroxylation sites is 2. The summed E-state index contributed by atoms with van der Waals surface area (Å²) in [6, 6.07) is 29.4. The summed E-state index contributed by atoms with van der Waals surface area (Å²) in [4.78, 5) is 9.02. The first-order chi connectivity index (χ1) is 37.5. The Morgan fingerprint density at radius 2 is 1.26 bits per heavy atom. The molecule has 7 aromatic carbocycles.